The summed E-state index contributed by atoms with van der Waals surface area (Å²) < 4.78 is 0. The van der Waals surface area contributed by atoms with Gasteiger partial charge in [0.1, 0.15) is 5.82 Å². The topological polar surface area (TPSA) is 61.3 Å². The Morgan fingerprint density at radius 3 is 2.45 bits per heavy atom. The summed E-state index contributed by atoms with van der Waals surface area (Å²) in [5.74, 6) is 1.85. The number of anilines is 1. The summed E-state index contributed by atoms with van der Waals surface area (Å²) in [6, 6.07) is 9.43. The second-order valence-corrected chi connectivity index (χ2v) is 10.6. The fourth-order valence-corrected chi connectivity index (χ4v) is 5.09. The summed E-state index contributed by atoms with van der Waals surface area (Å²) in [6.45, 7) is 12.6. The summed E-state index contributed by atoms with van der Waals surface area (Å²) in [4.78, 5) is 12.0. The fourth-order valence-electron chi connectivity index (χ4n) is 5.09. The van der Waals surface area contributed by atoms with Crippen molar-refractivity contribution in [3.8, 4) is 11.4 Å². The smallest absolute Gasteiger partial charge is 0.161 e. The van der Waals surface area contributed by atoms with Gasteiger partial charge in [0.05, 0.1) is 0 Å². The van der Waals surface area contributed by atoms with Crippen molar-refractivity contribution >= 4 is 5.82 Å². The van der Waals surface area contributed by atoms with Crippen molar-refractivity contribution in [3.05, 3.63) is 41.6 Å². The molecular formula is C26H38N4O. The number of aromatic nitrogens is 2. The molecule has 4 rings (SSSR count). The van der Waals surface area contributed by atoms with Crippen LogP contribution in [0.5, 0.6) is 0 Å². The monoisotopic (exact) mass is 422 g/mol. The van der Waals surface area contributed by atoms with Crippen LogP contribution in [-0.4, -0.2) is 47.4 Å². The van der Waals surface area contributed by atoms with Gasteiger partial charge >= 0.3 is 0 Å². The number of aliphatic hydroxyl groups excluding tert-OH is 1. The zero-order chi connectivity index (χ0) is 22.1. The lowest BCUT2D eigenvalue weighted by Crippen LogP contribution is -2.43. The van der Waals surface area contributed by atoms with Crippen LogP contribution < -0.4 is 10.2 Å². The summed E-state index contributed by atoms with van der Waals surface area (Å²) >= 11 is 0. The molecule has 1 aliphatic carbocycles. The Balaban J connectivity index is 1.52. The predicted molar refractivity (Wildman–Crippen MR) is 128 cm³/mol. The third-order valence-electron chi connectivity index (χ3n) is 7.34. The van der Waals surface area contributed by atoms with Crippen LogP contribution in [0.25, 0.3) is 11.4 Å². The van der Waals surface area contributed by atoms with E-state index in [1.54, 1.807) is 0 Å². The zero-order valence-corrected chi connectivity index (χ0v) is 19.6. The molecule has 2 N–H and O–H groups in total. The minimum absolute atomic E-state index is 0.184. The zero-order valence-electron chi connectivity index (χ0n) is 19.6. The van der Waals surface area contributed by atoms with Crippen LogP contribution in [0.4, 0.5) is 5.82 Å². The average Bonchev–Trinajstić information content (AvgIpc) is 2.78. The number of nitrogens with zero attached hydrogens (tertiary/aromatic N) is 3. The van der Waals surface area contributed by atoms with E-state index >= 15 is 0 Å². The van der Waals surface area contributed by atoms with E-state index in [1.807, 2.05) is 12.3 Å². The van der Waals surface area contributed by atoms with Gasteiger partial charge in [0.15, 0.2) is 5.82 Å². The fraction of sp³-hybridized carbons (Fsp3) is 0.615. The maximum Gasteiger partial charge on any atom is 0.161 e. The van der Waals surface area contributed by atoms with Gasteiger partial charge in [0, 0.05) is 37.5 Å². The SMILES string of the molecule is CC1(C)CCC(C)(C)c2cc(-c3nccc(N4CCC(NCCCO)CC4)n3)ccc21. The van der Waals surface area contributed by atoms with E-state index in [1.165, 1.54) is 24.0 Å². The molecule has 1 saturated heterocycles. The molecule has 0 bridgehead atoms. The quantitative estimate of drug-likeness (QED) is 0.674. The van der Waals surface area contributed by atoms with Crippen molar-refractivity contribution in [2.24, 2.45) is 0 Å². The molecule has 2 aromatic rings. The molecule has 1 aliphatic heterocycles. The molecule has 1 aromatic carbocycles. The maximum atomic E-state index is 8.96. The lowest BCUT2D eigenvalue weighted by molar-refractivity contribution is 0.280. The molecule has 0 atom stereocenters. The Bertz CT molecular complexity index is 900. The summed E-state index contributed by atoms with van der Waals surface area (Å²) in [5, 5.41) is 12.5. The first-order valence-electron chi connectivity index (χ1n) is 11.9. The first-order chi connectivity index (χ1) is 14.8. The van der Waals surface area contributed by atoms with Crippen LogP contribution >= 0.6 is 0 Å². The molecule has 2 heterocycles. The highest BCUT2D eigenvalue weighted by molar-refractivity contribution is 5.61. The Kier molecular flexibility index (Phi) is 6.36. The number of piperidine rings is 1. The van der Waals surface area contributed by atoms with Crippen LogP contribution in [0.3, 0.4) is 0 Å². The molecule has 0 amide bonds. The van der Waals surface area contributed by atoms with Crippen molar-refractivity contribution in [3.63, 3.8) is 0 Å². The third kappa shape index (κ3) is 4.78. The summed E-state index contributed by atoms with van der Waals surface area (Å²) in [6.07, 6.45) is 7.36. The number of nitrogens with one attached hydrogen (secondary N) is 1. The molecule has 2 aliphatic rings. The molecule has 1 aromatic heterocycles. The van der Waals surface area contributed by atoms with Crippen LogP contribution in [0.15, 0.2) is 30.5 Å². The average molecular weight is 423 g/mol. The number of hydrogen-bond acceptors (Lipinski definition) is 5. The molecular weight excluding hydrogens is 384 g/mol. The van der Waals surface area contributed by atoms with Crippen molar-refractivity contribution < 1.29 is 5.11 Å². The van der Waals surface area contributed by atoms with Crippen LogP contribution in [0.1, 0.15) is 70.9 Å². The predicted octanol–water partition coefficient (Wildman–Crippen LogP) is 4.43. The normalized spacial score (nSPS) is 20.5. The van der Waals surface area contributed by atoms with E-state index in [0.717, 1.165) is 56.1 Å². The number of aliphatic hydroxyl groups is 1. The summed E-state index contributed by atoms with van der Waals surface area (Å²) in [7, 11) is 0. The first-order valence-corrected chi connectivity index (χ1v) is 11.9. The van der Waals surface area contributed by atoms with Gasteiger partial charge in [-0.05, 0) is 72.7 Å². The van der Waals surface area contributed by atoms with Crippen LogP contribution in [0, 0.1) is 0 Å². The minimum atomic E-state index is 0.184. The van der Waals surface area contributed by atoms with Gasteiger partial charge in [-0.1, -0.05) is 39.8 Å². The van der Waals surface area contributed by atoms with E-state index in [-0.39, 0.29) is 17.4 Å². The van der Waals surface area contributed by atoms with Crippen molar-refractivity contribution in [1.82, 2.24) is 15.3 Å². The molecule has 0 saturated carbocycles. The largest absolute Gasteiger partial charge is 0.396 e. The van der Waals surface area contributed by atoms with Gasteiger partial charge in [0.2, 0.25) is 0 Å². The van der Waals surface area contributed by atoms with E-state index in [2.05, 4.69) is 61.1 Å². The number of benzene rings is 1. The van der Waals surface area contributed by atoms with Gasteiger partial charge in [-0.3, -0.25) is 0 Å². The van der Waals surface area contributed by atoms with Gasteiger partial charge in [-0.15, -0.1) is 0 Å². The number of hydrogen-bond donors (Lipinski definition) is 2. The lowest BCUT2D eigenvalue weighted by Gasteiger charge is -2.42. The molecule has 0 spiro atoms. The number of fused-ring (bicyclic) bond motifs is 1. The van der Waals surface area contributed by atoms with Crippen LogP contribution in [0.2, 0.25) is 0 Å². The molecule has 168 valence electrons. The molecule has 0 unspecified atom stereocenters. The minimum Gasteiger partial charge on any atom is -0.396 e. The lowest BCUT2D eigenvalue weighted by atomic mass is 9.63. The summed E-state index contributed by atoms with van der Waals surface area (Å²) in [5.41, 5.74) is 4.45. The van der Waals surface area contributed by atoms with Gasteiger partial charge in [0.25, 0.3) is 0 Å². The molecule has 5 heteroatoms. The van der Waals surface area contributed by atoms with Crippen molar-refractivity contribution in [2.45, 2.75) is 76.7 Å². The van der Waals surface area contributed by atoms with Gasteiger partial charge < -0.3 is 15.3 Å². The van der Waals surface area contributed by atoms with Crippen LogP contribution in [-0.2, 0) is 10.8 Å². The standard InChI is InChI=1S/C26H38N4O/c1-25(2)11-12-26(3,4)22-18-19(6-7-21(22)25)24-28-14-8-23(29-24)30-15-9-20(10-16-30)27-13-5-17-31/h6-8,14,18,20,27,31H,5,9-13,15-17H2,1-4H3. The maximum absolute atomic E-state index is 8.96. The first kappa shape index (κ1) is 22.2. The molecule has 31 heavy (non-hydrogen) atoms. The van der Waals surface area contributed by atoms with E-state index < -0.39 is 0 Å². The molecule has 5 nitrogen and oxygen atoms in total. The van der Waals surface area contributed by atoms with E-state index in [4.69, 9.17) is 10.1 Å². The van der Waals surface area contributed by atoms with E-state index in [0.29, 0.717) is 6.04 Å². The Hall–Kier alpha value is -1.98. The molecule has 0 radical (unpaired) electrons. The highest BCUT2D eigenvalue weighted by Crippen LogP contribution is 2.46. The highest BCUT2D eigenvalue weighted by atomic mass is 16.3. The molecule has 1 fully saturated rings. The third-order valence-corrected chi connectivity index (χ3v) is 7.34. The van der Waals surface area contributed by atoms with Crippen molar-refractivity contribution in [1.29, 1.82) is 0 Å². The van der Waals surface area contributed by atoms with E-state index in [9.17, 15) is 0 Å². The Labute approximate surface area is 187 Å². The Morgan fingerprint density at radius 1 is 1.03 bits per heavy atom. The second kappa shape index (κ2) is 8.87. The second-order valence-electron chi connectivity index (χ2n) is 10.6. The number of rotatable bonds is 6. The highest BCUT2D eigenvalue weighted by Gasteiger charge is 2.37. The van der Waals surface area contributed by atoms with Gasteiger partial charge in [-0.2, -0.15) is 0 Å². The Morgan fingerprint density at radius 2 is 1.74 bits per heavy atom. The van der Waals surface area contributed by atoms with Crippen molar-refractivity contribution in [2.75, 3.05) is 31.1 Å². The van der Waals surface area contributed by atoms with Gasteiger partial charge in [-0.25, -0.2) is 9.97 Å².